The molecule has 0 bridgehead atoms. The third kappa shape index (κ3) is 2.79. The molecule has 0 unspecified atom stereocenters. The van der Waals surface area contributed by atoms with Crippen LogP contribution in [0.15, 0.2) is 18.2 Å². The van der Waals surface area contributed by atoms with Crippen LogP contribution in [0.1, 0.15) is 40.0 Å². The van der Waals surface area contributed by atoms with Gasteiger partial charge < -0.3 is 10.6 Å². The summed E-state index contributed by atoms with van der Waals surface area (Å²) in [6, 6.07) is 3.59. The number of benzene rings is 1. The Morgan fingerprint density at radius 1 is 1.12 bits per heavy atom. The number of halogens is 3. The fourth-order valence-corrected chi connectivity index (χ4v) is 3.46. The van der Waals surface area contributed by atoms with E-state index in [0.29, 0.717) is 17.2 Å². The lowest BCUT2D eigenvalue weighted by molar-refractivity contribution is -0.137. The second-order valence-electron chi connectivity index (χ2n) is 6.61. The molecule has 8 heteroatoms. The van der Waals surface area contributed by atoms with Crippen LogP contribution in [-0.4, -0.2) is 29.0 Å². The molecule has 26 heavy (non-hydrogen) atoms. The highest BCUT2D eigenvalue weighted by atomic mass is 19.4. The first-order valence-electron chi connectivity index (χ1n) is 8.51. The van der Waals surface area contributed by atoms with Gasteiger partial charge in [0.2, 0.25) is 11.9 Å². The van der Waals surface area contributed by atoms with Crippen LogP contribution in [0.4, 0.5) is 19.1 Å². The van der Waals surface area contributed by atoms with E-state index in [-0.39, 0.29) is 0 Å². The van der Waals surface area contributed by atoms with Crippen molar-refractivity contribution >= 4 is 11.9 Å². The van der Waals surface area contributed by atoms with E-state index in [9.17, 15) is 18.0 Å². The van der Waals surface area contributed by atoms with Crippen molar-refractivity contribution in [2.45, 2.75) is 31.9 Å². The number of alkyl halides is 3. The zero-order valence-corrected chi connectivity index (χ0v) is 13.9. The largest absolute Gasteiger partial charge is 0.417 e. The molecule has 1 fully saturated rings. The highest BCUT2D eigenvalue weighted by Crippen LogP contribution is 2.37. The summed E-state index contributed by atoms with van der Waals surface area (Å²) in [5.74, 6) is -0.530. The number of nitrogens with two attached hydrogens (primary N) is 1. The fourth-order valence-electron chi connectivity index (χ4n) is 3.46. The number of aryl methyl sites for hydroxylation is 1. The molecule has 1 saturated heterocycles. The quantitative estimate of drug-likeness (QED) is 0.911. The summed E-state index contributed by atoms with van der Waals surface area (Å²) < 4.78 is 40.2. The van der Waals surface area contributed by atoms with Crippen LogP contribution in [0.2, 0.25) is 0 Å². The molecule has 136 valence electrons. The molecule has 0 atom stereocenters. The highest BCUT2D eigenvalue weighted by molar-refractivity contribution is 5.95. The number of aromatic nitrogens is 2. The first-order valence-corrected chi connectivity index (χ1v) is 8.51. The Morgan fingerprint density at radius 3 is 2.50 bits per heavy atom. The predicted octanol–water partition coefficient (Wildman–Crippen LogP) is 2.96. The minimum absolute atomic E-state index is 0.338. The smallest absolute Gasteiger partial charge is 0.366 e. The van der Waals surface area contributed by atoms with Crippen molar-refractivity contribution in [1.82, 2.24) is 9.97 Å². The summed E-state index contributed by atoms with van der Waals surface area (Å²) in [5.41, 5.74) is 6.21. The number of carbonyl (C=O) groups excluding carboxylic acids is 1. The zero-order valence-electron chi connectivity index (χ0n) is 13.9. The molecule has 2 aromatic rings. The predicted molar refractivity (Wildman–Crippen MR) is 89.8 cm³/mol. The Kier molecular flexibility index (Phi) is 3.86. The van der Waals surface area contributed by atoms with Gasteiger partial charge in [-0.25, -0.2) is 9.97 Å². The molecule has 2 heterocycles. The van der Waals surface area contributed by atoms with E-state index < -0.39 is 23.2 Å². The molecule has 1 aliphatic carbocycles. The van der Waals surface area contributed by atoms with Gasteiger partial charge in [0.15, 0.2) is 0 Å². The van der Waals surface area contributed by atoms with Crippen molar-refractivity contribution in [3.05, 3.63) is 40.6 Å². The average molecular weight is 362 g/mol. The third-order valence-corrected chi connectivity index (χ3v) is 4.92. The van der Waals surface area contributed by atoms with Gasteiger partial charge in [-0.2, -0.15) is 13.2 Å². The summed E-state index contributed by atoms with van der Waals surface area (Å²) in [7, 11) is 0. The van der Waals surface area contributed by atoms with Gasteiger partial charge in [-0.3, -0.25) is 4.79 Å². The molecule has 1 amide bonds. The maximum absolute atomic E-state index is 13.4. The number of carbonyl (C=O) groups is 1. The number of fused-ring (bicyclic) bond motifs is 1. The van der Waals surface area contributed by atoms with E-state index in [1.165, 1.54) is 6.07 Å². The second-order valence-corrected chi connectivity index (χ2v) is 6.61. The first-order chi connectivity index (χ1) is 12.3. The SMILES string of the molecule is NC(=O)c1ccc(-c2nc(N3CCC3)nc3c2CCC3)cc1C(F)(F)F. The minimum Gasteiger partial charge on any atom is -0.366 e. The van der Waals surface area contributed by atoms with Crippen LogP contribution in [-0.2, 0) is 19.0 Å². The molecular weight excluding hydrogens is 345 g/mol. The van der Waals surface area contributed by atoms with E-state index in [1.807, 2.05) is 4.90 Å². The van der Waals surface area contributed by atoms with E-state index in [1.54, 1.807) is 0 Å². The molecule has 0 radical (unpaired) electrons. The van der Waals surface area contributed by atoms with Crippen molar-refractivity contribution in [3.8, 4) is 11.3 Å². The summed E-state index contributed by atoms with van der Waals surface area (Å²) >= 11 is 0. The zero-order chi connectivity index (χ0) is 18.5. The van der Waals surface area contributed by atoms with Gasteiger partial charge in [-0.05, 0) is 37.8 Å². The second kappa shape index (κ2) is 5.96. The van der Waals surface area contributed by atoms with Gasteiger partial charge in [-0.1, -0.05) is 6.07 Å². The van der Waals surface area contributed by atoms with Crippen molar-refractivity contribution in [2.75, 3.05) is 18.0 Å². The Labute approximate surface area is 148 Å². The fraction of sp³-hybridized carbons (Fsp3) is 0.389. The van der Waals surface area contributed by atoms with Crippen LogP contribution in [0.5, 0.6) is 0 Å². The summed E-state index contributed by atoms with van der Waals surface area (Å²) in [6.45, 7) is 1.71. The molecule has 0 saturated carbocycles. The van der Waals surface area contributed by atoms with Gasteiger partial charge in [0.1, 0.15) is 0 Å². The number of nitrogens with zero attached hydrogens (tertiary/aromatic N) is 3. The summed E-state index contributed by atoms with van der Waals surface area (Å²) in [6.07, 6.45) is -1.16. The van der Waals surface area contributed by atoms with Crippen molar-refractivity contribution < 1.29 is 18.0 Å². The number of anilines is 1. The lowest BCUT2D eigenvalue weighted by atomic mass is 9.98. The summed E-state index contributed by atoms with van der Waals surface area (Å²) in [5, 5.41) is 0. The van der Waals surface area contributed by atoms with Gasteiger partial charge in [0.25, 0.3) is 0 Å². The van der Waals surface area contributed by atoms with Crippen molar-refractivity contribution in [1.29, 1.82) is 0 Å². The van der Waals surface area contributed by atoms with E-state index >= 15 is 0 Å². The minimum atomic E-state index is -4.67. The number of amides is 1. The molecule has 2 aliphatic rings. The van der Waals surface area contributed by atoms with Gasteiger partial charge in [-0.15, -0.1) is 0 Å². The van der Waals surface area contributed by atoms with Crippen LogP contribution in [0, 0.1) is 0 Å². The molecule has 2 N–H and O–H groups in total. The number of hydrogen-bond donors (Lipinski definition) is 1. The number of rotatable bonds is 3. The Morgan fingerprint density at radius 2 is 1.88 bits per heavy atom. The lowest BCUT2D eigenvalue weighted by Crippen LogP contribution is -2.38. The number of primary amides is 1. The Balaban J connectivity index is 1.87. The van der Waals surface area contributed by atoms with Gasteiger partial charge >= 0.3 is 6.18 Å². The normalized spacial score (nSPS) is 16.3. The lowest BCUT2D eigenvalue weighted by Gasteiger charge is -2.31. The van der Waals surface area contributed by atoms with Crippen LogP contribution >= 0.6 is 0 Å². The molecule has 1 aromatic heterocycles. The molecule has 0 spiro atoms. The van der Waals surface area contributed by atoms with Crippen LogP contribution < -0.4 is 10.6 Å². The molecule has 4 rings (SSSR count). The van der Waals surface area contributed by atoms with Crippen molar-refractivity contribution in [3.63, 3.8) is 0 Å². The maximum atomic E-state index is 13.4. The van der Waals surface area contributed by atoms with Crippen molar-refractivity contribution in [2.24, 2.45) is 5.73 Å². The van der Waals surface area contributed by atoms with Gasteiger partial charge in [0.05, 0.1) is 16.8 Å². The number of hydrogen-bond acceptors (Lipinski definition) is 4. The topological polar surface area (TPSA) is 72.1 Å². The van der Waals surface area contributed by atoms with E-state index in [2.05, 4.69) is 9.97 Å². The van der Waals surface area contributed by atoms with Crippen LogP contribution in [0.3, 0.4) is 0 Å². The van der Waals surface area contributed by atoms with Gasteiger partial charge in [0, 0.05) is 29.9 Å². The molecule has 1 aromatic carbocycles. The molecule has 1 aliphatic heterocycles. The monoisotopic (exact) mass is 362 g/mol. The van der Waals surface area contributed by atoms with E-state index in [0.717, 1.165) is 62.2 Å². The Bertz CT molecular complexity index is 891. The molecular formula is C18H17F3N4O. The maximum Gasteiger partial charge on any atom is 0.417 e. The third-order valence-electron chi connectivity index (χ3n) is 4.92. The summed E-state index contributed by atoms with van der Waals surface area (Å²) in [4.78, 5) is 22.6. The highest BCUT2D eigenvalue weighted by Gasteiger charge is 2.35. The van der Waals surface area contributed by atoms with Crippen LogP contribution in [0.25, 0.3) is 11.3 Å². The molecule has 5 nitrogen and oxygen atoms in total. The average Bonchev–Trinajstić information content (AvgIpc) is 2.99. The first kappa shape index (κ1) is 16.8. The Hall–Kier alpha value is -2.64. The standard InChI is InChI=1S/C18H17F3N4O/c19-18(20,21)13-9-10(5-6-11(13)16(22)26)15-12-3-1-4-14(12)23-17(24-15)25-7-2-8-25/h5-6,9H,1-4,7-8H2,(H2,22,26). The van der Waals surface area contributed by atoms with E-state index in [4.69, 9.17) is 5.73 Å².